The van der Waals surface area contributed by atoms with E-state index in [1.165, 1.54) is 19.1 Å². The van der Waals surface area contributed by atoms with Gasteiger partial charge in [0, 0.05) is 5.69 Å². The van der Waals surface area contributed by atoms with Crippen LogP contribution in [0.4, 0.5) is 23.7 Å². The fourth-order valence-corrected chi connectivity index (χ4v) is 1.60. The average molecular weight is 305 g/mol. The van der Waals surface area contributed by atoms with Gasteiger partial charge < -0.3 is 9.84 Å². The number of hydrogen-bond acceptors (Lipinski definition) is 3. The monoisotopic (exact) mass is 305 g/mol. The second-order valence-corrected chi connectivity index (χ2v) is 5.65. The van der Waals surface area contributed by atoms with E-state index in [1.807, 2.05) is 0 Å². The molecule has 1 aromatic carbocycles. The van der Waals surface area contributed by atoms with E-state index in [-0.39, 0.29) is 5.56 Å². The van der Waals surface area contributed by atoms with Crippen molar-refractivity contribution in [1.82, 2.24) is 0 Å². The number of carbonyl (C=O) groups excluding carboxylic acids is 1. The van der Waals surface area contributed by atoms with Crippen LogP contribution < -0.4 is 5.32 Å². The van der Waals surface area contributed by atoms with Crippen molar-refractivity contribution in [3.05, 3.63) is 29.3 Å². The molecular formula is C14H18F3NO3. The number of nitrogens with one attached hydrogen (secondary N) is 1. The first-order valence-corrected chi connectivity index (χ1v) is 6.25. The van der Waals surface area contributed by atoms with Gasteiger partial charge in [0.2, 0.25) is 0 Å². The van der Waals surface area contributed by atoms with Gasteiger partial charge in [0.25, 0.3) is 0 Å². The number of ether oxygens (including phenoxy) is 1. The van der Waals surface area contributed by atoms with Crippen LogP contribution in [0, 0.1) is 6.92 Å². The number of hydrogen-bond donors (Lipinski definition) is 2. The molecule has 0 saturated heterocycles. The van der Waals surface area contributed by atoms with Crippen LogP contribution in [0.3, 0.4) is 0 Å². The molecule has 1 atom stereocenters. The largest absolute Gasteiger partial charge is 0.444 e. The minimum atomic E-state index is -4.73. The van der Waals surface area contributed by atoms with Crippen LogP contribution in [0.15, 0.2) is 18.2 Å². The van der Waals surface area contributed by atoms with Crippen LogP contribution in [-0.2, 0) is 4.74 Å². The van der Waals surface area contributed by atoms with Gasteiger partial charge in [-0.3, -0.25) is 5.32 Å². The second-order valence-electron chi connectivity index (χ2n) is 5.65. The van der Waals surface area contributed by atoms with Gasteiger partial charge in [-0.25, -0.2) is 4.79 Å². The molecule has 118 valence electrons. The van der Waals surface area contributed by atoms with Gasteiger partial charge in [0.15, 0.2) is 6.10 Å². The fourth-order valence-electron chi connectivity index (χ4n) is 1.60. The Morgan fingerprint density at radius 2 is 1.86 bits per heavy atom. The molecule has 0 fully saturated rings. The summed E-state index contributed by atoms with van der Waals surface area (Å²) in [6.07, 6.45) is -7.98. The van der Waals surface area contributed by atoms with E-state index >= 15 is 0 Å². The average Bonchev–Trinajstić information content (AvgIpc) is 2.27. The van der Waals surface area contributed by atoms with Gasteiger partial charge in [-0.1, -0.05) is 12.1 Å². The number of aliphatic hydroxyl groups excluding tert-OH is 1. The lowest BCUT2D eigenvalue weighted by Gasteiger charge is -2.21. The third-order valence-electron chi connectivity index (χ3n) is 2.51. The zero-order chi connectivity index (χ0) is 16.4. The van der Waals surface area contributed by atoms with E-state index in [0.29, 0.717) is 11.3 Å². The summed E-state index contributed by atoms with van der Waals surface area (Å²) in [5.41, 5.74) is -0.247. The molecule has 0 heterocycles. The highest BCUT2D eigenvalue weighted by atomic mass is 19.4. The van der Waals surface area contributed by atoms with Gasteiger partial charge >= 0.3 is 12.3 Å². The Kier molecular flexibility index (Phi) is 4.88. The molecule has 0 aliphatic rings. The van der Waals surface area contributed by atoms with Gasteiger partial charge in [0.1, 0.15) is 5.60 Å². The number of aliphatic hydroxyl groups is 1. The minimum absolute atomic E-state index is 0.283. The van der Waals surface area contributed by atoms with Crippen molar-refractivity contribution < 1.29 is 27.8 Å². The summed E-state index contributed by atoms with van der Waals surface area (Å²) in [6, 6.07) is 3.58. The van der Waals surface area contributed by atoms with E-state index < -0.39 is 24.0 Å². The Balaban J connectivity index is 2.87. The molecule has 0 aliphatic heterocycles. The number of rotatable bonds is 2. The minimum Gasteiger partial charge on any atom is -0.444 e. The van der Waals surface area contributed by atoms with Crippen molar-refractivity contribution >= 4 is 11.8 Å². The zero-order valence-corrected chi connectivity index (χ0v) is 12.2. The molecule has 0 bridgehead atoms. The summed E-state index contributed by atoms with van der Waals surface area (Å²) >= 11 is 0. The smallest absolute Gasteiger partial charge is 0.418 e. The van der Waals surface area contributed by atoms with Gasteiger partial charge in [-0.05, 0) is 44.9 Å². The van der Waals surface area contributed by atoms with Gasteiger partial charge in [-0.2, -0.15) is 13.2 Å². The summed E-state index contributed by atoms with van der Waals surface area (Å²) in [6.45, 7) is 6.62. The van der Waals surface area contributed by atoms with Crippen LogP contribution in [0.5, 0.6) is 0 Å². The number of anilines is 1. The fraction of sp³-hybridized carbons (Fsp3) is 0.500. The number of aryl methyl sites for hydroxylation is 1. The van der Waals surface area contributed by atoms with Crippen LogP contribution >= 0.6 is 0 Å². The molecule has 0 radical (unpaired) electrons. The highest BCUT2D eigenvalue weighted by molar-refractivity contribution is 5.85. The summed E-state index contributed by atoms with van der Waals surface area (Å²) in [4.78, 5) is 11.6. The number of alkyl halides is 3. The van der Waals surface area contributed by atoms with E-state index in [1.54, 1.807) is 20.8 Å². The lowest BCUT2D eigenvalue weighted by atomic mass is 10.0. The molecule has 0 unspecified atom stereocenters. The molecule has 0 spiro atoms. The van der Waals surface area contributed by atoms with Gasteiger partial charge in [0.05, 0.1) is 0 Å². The quantitative estimate of drug-likeness (QED) is 0.870. The van der Waals surface area contributed by atoms with E-state index in [4.69, 9.17) is 4.74 Å². The van der Waals surface area contributed by atoms with Crippen LogP contribution in [-0.4, -0.2) is 23.0 Å². The molecule has 0 aromatic heterocycles. The summed E-state index contributed by atoms with van der Waals surface area (Å²) in [7, 11) is 0. The number of halogens is 3. The Morgan fingerprint density at radius 1 is 1.29 bits per heavy atom. The standard InChI is InChI=1S/C14H18F3NO3/c1-8-7-9(11(19)14(15,16)17)5-6-10(8)18-12(20)21-13(2,3)4/h5-7,11,19H,1-4H3,(H,18,20)/t11-/m1/s1. The second kappa shape index (κ2) is 5.93. The maximum atomic E-state index is 12.4. The Morgan fingerprint density at radius 3 is 2.29 bits per heavy atom. The number of amides is 1. The summed E-state index contributed by atoms with van der Waals surface area (Å²) < 4.78 is 42.3. The molecular weight excluding hydrogens is 287 g/mol. The van der Waals surface area contributed by atoms with Crippen LogP contribution in [0.25, 0.3) is 0 Å². The molecule has 0 saturated carbocycles. The van der Waals surface area contributed by atoms with Gasteiger partial charge in [-0.15, -0.1) is 0 Å². The van der Waals surface area contributed by atoms with Crippen molar-refractivity contribution in [3.63, 3.8) is 0 Å². The topological polar surface area (TPSA) is 58.6 Å². The predicted molar refractivity (Wildman–Crippen MR) is 72.1 cm³/mol. The van der Waals surface area contributed by atoms with Crippen molar-refractivity contribution in [1.29, 1.82) is 0 Å². The maximum Gasteiger partial charge on any atom is 0.418 e. The first-order valence-electron chi connectivity index (χ1n) is 6.25. The highest BCUT2D eigenvalue weighted by Gasteiger charge is 2.39. The Bertz CT molecular complexity index is 521. The normalized spacial score (nSPS) is 13.7. The zero-order valence-electron chi connectivity index (χ0n) is 12.2. The van der Waals surface area contributed by atoms with Crippen LogP contribution in [0.2, 0.25) is 0 Å². The van der Waals surface area contributed by atoms with Crippen molar-refractivity contribution in [2.45, 2.75) is 45.6 Å². The summed E-state index contributed by atoms with van der Waals surface area (Å²) in [5, 5.41) is 11.6. The first-order chi connectivity index (χ1) is 9.40. The first kappa shape index (κ1) is 17.3. The maximum absolute atomic E-state index is 12.4. The molecule has 1 amide bonds. The Hall–Kier alpha value is -1.76. The highest BCUT2D eigenvalue weighted by Crippen LogP contribution is 2.33. The van der Waals surface area contributed by atoms with E-state index in [2.05, 4.69) is 5.32 Å². The third-order valence-corrected chi connectivity index (χ3v) is 2.51. The SMILES string of the molecule is Cc1cc([C@@H](O)C(F)(F)F)ccc1NC(=O)OC(C)(C)C. The lowest BCUT2D eigenvalue weighted by Crippen LogP contribution is -2.27. The molecule has 0 aliphatic carbocycles. The molecule has 21 heavy (non-hydrogen) atoms. The van der Waals surface area contributed by atoms with Crippen molar-refractivity contribution in [2.75, 3.05) is 5.32 Å². The number of benzene rings is 1. The number of carbonyl (C=O) groups is 1. The molecule has 4 nitrogen and oxygen atoms in total. The third kappa shape index (κ3) is 5.26. The molecule has 2 N–H and O–H groups in total. The van der Waals surface area contributed by atoms with Crippen molar-refractivity contribution in [3.8, 4) is 0 Å². The molecule has 7 heteroatoms. The van der Waals surface area contributed by atoms with Crippen LogP contribution in [0.1, 0.15) is 38.0 Å². The van der Waals surface area contributed by atoms with E-state index in [9.17, 15) is 23.1 Å². The van der Waals surface area contributed by atoms with Crippen molar-refractivity contribution in [2.24, 2.45) is 0 Å². The Labute approximate surface area is 120 Å². The molecule has 1 aromatic rings. The lowest BCUT2D eigenvalue weighted by molar-refractivity contribution is -0.206. The molecule has 1 rings (SSSR count). The summed E-state index contributed by atoms with van der Waals surface area (Å²) in [5.74, 6) is 0. The predicted octanol–water partition coefficient (Wildman–Crippen LogP) is 3.94. The van der Waals surface area contributed by atoms with E-state index in [0.717, 1.165) is 6.07 Å².